The summed E-state index contributed by atoms with van der Waals surface area (Å²) in [5, 5.41) is 3.48. The molecule has 0 bridgehead atoms. The summed E-state index contributed by atoms with van der Waals surface area (Å²) >= 11 is 0. The van der Waals surface area contributed by atoms with E-state index in [1.54, 1.807) is 0 Å². The van der Waals surface area contributed by atoms with Gasteiger partial charge in [-0.25, -0.2) is 4.39 Å². The lowest BCUT2D eigenvalue weighted by Gasteiger charge is -2.41. The fourth-order valence-corrected chi connectivity index (χ4v) is 1.38. The van der Waals surface area contributed by atoms with Gasteiger partial charge in [0.15, 0.2) is 5.69 Å². The van der Waals surface area contributed by atoms with Crippen LogP contribution in [0.2, 0.25) is 0 Å². The number of hydrogen-bond donors (Lipinski definition) is 0. The van der Waals surface area contributed by atoms with Crippen molar-refractivity contribution in [3.05, 3.63) is 18.0 Å². The third kappa shape index (κ3) is 1.41. The zero-order valence-corrected chi connectivity index (χ0v) is 7.16. The number of halogens is 1. The van der Waals surface area contributed by atoms with Crippen molar-refractivity contribution in [1.29, 1.82) is 0 Å². The molecule has 4 nitrogen and oxygen atoms in total. The highest BCUT2D eigenvalue weighted by Crippen LogP contribution is 2.25. The Kier molecular flexibility index (Phi) is 1.61. The Labute approximate surface area is 74.3 Å². The Morgan fingerprint density at radius 3 is 2.92 bits per heavy atom. The number of hydrogen-bond acceptors (Lipinski definition) is 3. The normalized spacial score (nSPS) is 19.7. The largest absolute Gasteiger partial charge is 0.364 e. The van der Waals surface area contributed by atoms with Gasteiger partial charge in [-0.2, -0.15) is 0 Å². The first-order valence-corrected chi connectivity index (χ1v) is 3.97. The van der Waals surface area contributed by atoms with Crippen molar-refractivity contribution in [2.45, 2.75) is 12.6 Å². The average Bonchev–Trinajstić information content (AvgIpc) is 2.50. The molecule has 13 heavy (non-hydrogen) atoms. The first-order valence-electron chi connectivity index (χ1n) is 3.97. The number of amides is 1. The summed E-state index contributed by atoms with van der Waals surface area (Å²) in [7, 11) is 0. The van der Waals surface area contributed by atoms with Gasteiger partial charge >= 0.3 is 0 Å². The first-order chi connectivity index (χ1) is 6.08. The third-order valence-corrected chi connectivity index (χ3v) is 1.99. The van der Waals surface area contributed by atoms with Crippen molar-refractivity contribution in [2.75, 3.05) is 13.1 Å². The van der Waals surface area contributed by atoms with E-state index >= 15 is 0 Å². The fourth-order valence-electron chi connectivity index (χ4n) is 1.38. The second-order valence-electron chi connectivity index (χ2n) is 3.46. The maximum absolute atomic E-state index is 13.0. The summed E-state index contributed by atoms with van der Waals surface area (Å²) in [5.74, 6) is -0.274. The van der Waals surface area contributed by atoms with Gasteiger partial charge in [-0.1, -0.05) is 5.16 Å². The van der Waals surface area contributed by atoms with Crippen molar-refractivity contribution in [3.63, 3.8) is 0 Å². The summed E-state index contributed by atoms with van der Waals surface area (Å²) in [4.78, 5) is 12.8. The highest BCUT2D eigenvalue weighted by atomic mass is 19.1. The van der Waals surface area contributed by atoms with Gasteiger partial charge in [-0.15, -0.1) is 0 Å². The maximum atomic E-state index is 13.0. The molecule has 0 unspecified atom stereocenters. The predicted octanol–water partition coefficient (Wildman–Crippen LogP) is 0.859. The number of alkyl halides is 1. The molecule has 5 heteroatoms. The molecule has 1 saturated heterocycles. The van der Waals surface area contributed by atoms with Gasteiger partial charge in [0.1, 0.15) is 11.9 Å². The first kappa shape index (κ1) is 8.22. The van der Waals surface area contributed by atoms with E-state index in [1.807, 2.05) is 0 Å². The molecule has 0 radical (unpaired) electrons. The number of carbonyl (C=O) groups excluding carboxylic acids is 1. The molecular weight excluding hydrogens is 175 g/mol. The monoisotopic (exact) mass is 184 g/mol. The number of aromatic nitrogens is 1. The van der Waals surface area contributed by atoms with Crippen LogP contribution in [-0.2, 0) is 0 Å². The zero-order valence-electron chi connectivity index (χ0n) is 7.16. The topological polar surface area (TPSA) is 46.3 Å². The van der Waals surface area contributed by atoms with Crippen molar-refractivity contribution in [1.82, 2.24) is 10.1 Å². The second kappa shape index (κ2) is 2.55. The van der Waals surface area contributed by atoms with Crippen LogP contribution in [0.25, 0.3) is 0 Å². The van der Waals surface area contributed by atoms with Gasteiger partial charge in [0.05, 0.1) is 13.1 Å². The Hall–Kier alpha value is -1.39. The lowest BCUT2D eigenvalue weighted by Crippen LogP contribution is -2.59. The van der Waals surface area contributed by atoms with E-state index in [-0.39, 0.29) is 24.7 Å². The van der Waals surface area contributed by atoms with Gasteiger partial charge in [-0.3, -0.25) is 4.79 Å². The summed E-state index contributed by atoms with van der Waals surface area (Å²) in [6, 6.07) is 1.47. The smallest absolute Gasteiger partial charge is 0.276 e. The lowest BCUT2D eigenvalue weighted by molar-refractivity contribution is -0.00846. The van der Waals surface area contributed by atoms with E-state index in [2.05, 4.69) is 9.68 Å². The Morgan fingerprint density at radius 2 is 2.46 bits per heavy atom. The van der Waals surface area contributed by atoms with Crippen LogP contribution >= 0.6 is 0 Å². The number of nitrogens with zero attached hydrogens (tertiary/aromatic N) is 2. The molecule has 1 aromatic heterocycles. The van der Waals surface area contributed by atoms with Gasteiger partial charge in [0.2, 0.25) is 0 Å². The van der Waals surface area contributed by atoms with Gasteiger partial charge in [-0.05, 0) is 6.92 Å². The quantitative estimate of drug-likeness (QED) is 0.650. The van der Waals surface area contributed by atoms with Crippen LogP contribution in [0, 0.1) is 0 Å². The van der Waals surface area contributed by atoms with Crippen LogP contribution < -0.4 is 0 Å². The SMILES string of the molecule is CC1(F)CN(C(=O)c2ccon2)C1. The fraction of sp³-hybridized carbons (Fsp3) is 0.500. The van der Waals surface area contributed by atoms with Crippen LogP contribution in [0.5, 0.6) is 0 Å². The Morgan fingerprint density at radius 1 is 1.77 bits per heavy atom. The molecule has 1 fully saturated rings. The summed E-state index contributed by atoms with van der Waals surface area (Å²) < 4.78 is 17.5. The highest BCUT2D eigenvalue weighted by molar-refractivity contribution is 5.92. The van der Waals surface area contributed by atoms with Crippen molar-refractivity contribution < 1.29 is 13.7 Å². The van der Waals surface area contributed by atoms with Crippen LogP contribution in [0.3, 0.4) is 0 Å². The molecule has 0 N–H and O–H groups in total. The van der Waals surface area contributed by atoms with Crippen LogP contribution in [0.15, 0.2) is 16.9 Å². The van der Waals surface area contributed by atoms with Crippen molar-refractivity contribution in [3.8, 4) is 0 Å². The minimum Gasteiger partial charge on any atom is -0.364 e. The number of likely N-dealkylation sites (tertiary alicyclic amines) is 1. The minimum absolute atomic E-state index is 0.138. The lowest BCUT2D eigenvalue weighted by atomic mass is 9.99. The zero-order chi connectivity index (χ0) is 9.47. The molecule has 1 aliphatic heterocycles. The molecule has 70 valence electrons. The highest BCUT2D eigenvalue weighted by Gasteiger charge is 2.42. The standard InChI is InChI=1S/C8H9FN2O2/c1-8(9)4-11(5-8)7(12)6-2-3-13-10-6/h2-3H,4-5H2,1H3. The minimum atomic E-state index is -1.24. The average molecular weight is 184 g/mol. The van der Waals surface area contributed by atoms with E-state index in [0.717, 1.165) is 0 Å². The molecule has 0 spiro atoms. The molecule has 0 aromatic carbocycles. The molecular formula is C8H9FN2O2. The van der Waals surface area contributed by atoms with Crippen LogP contribution in [0.4, 0.5) is 4.39 Å². The van der Waals surface area contributed by atoms with E-state index in [1.165, 1.54) is 24.2 Å². The van der Waals surface area contributed by atoms with Gasteiger partial charge < -0.3 is 9.42 Å². The molecule has 1 aliphatic rings. The van der Waals surface area contributed by atoms with E-state index in [9.17, 15) is 9.18 Å². The molecule has 2 heterocycles. The van der Waals surface area contributed by atoms with Gasteiger partial charge in [0, 0.05) is 6.07 Å². The third-order valence-electron chi connectivity index (χ3n) is 1.99. The summed E-state index contributed by atoms with van der Waals surface area (Å²) in [5.41, 5.74) is -1.00. The van der Waals surface area contributed by atoms with E-state index < -0.39 is 5.67 Å². The summed E-state index contributed by atoms with van der Waals surface area (Å²) in [6.07, 6.45) is 1.32. The molecule has 1 aromatic rings. The van der Waals surface area contributed by atoms with Crippen molar-refractivity contribution in [2.24, 2.45) is 0 Å². The van der Waals surface area contributed by atoms with E-state index in [0.29, 0.717) is 0 Å². The Bertz CT molecular complexity index is 313. The van der Waals surface area contributed by atoms with Crippen LogP contribution in [-0.4, -0.2) is 34.7 Å². The molecule has 0 aliphatic carbocycles. The van der Waals surface area contributed by atoms with E-state index in [4.69, 9.17) is 0 Å². The molecule has 0 atom stereocenters. The van der Waals surface area contributed by atoms with Crippen molar-refractivity contribution >= 4 is 5.91 Å². The van der Waals surface area contributed by atoms with Gasteiger partial charge in [0.25, 0.3) is 5.91 Å². The van der Waals surface area contributed by atoms with Crippen LogP contribution in [0.1, 0.15) is 17.4 Å². The maximum Gasteiger partial charge on any atom is 0.276 e. The summed E-state index contributed by atoms with van der Waals surface area (Å²) in [6.45, 7) is 1.75. The second-order valence-corrected chi connectivity index (χ2v) is 3.46. The molecule has 0 saturated carbocycles. The predicted molar refractivity (Wildman–Crippen MR) is 41.9 cm³/mol. The number of carbonyl (C=O) groups is 1. The molecule has 1 amide bonds. The number of rotatable bonds is 1. The Balaban J connectivity index is 2.02. The molecule has 2 rings (SSSR count).